The molecule has 27 heavy (non-hydrogen) atoms. The third-order valence-corrected chi connectivity index (χ3v) is 5.44. The van der Waals surface area contributed by atoms with Crippen LogP contribution in [0.15, 0.2) is 35.1 Å². The summed E-state index contributed by atoms with van der Waals surface area (Å²) in [5.41, 5.74) is 0.708. The molecule has 3 aromatic rings. The summed E-state index contributed by atoms with van der Waals surface area (Å²) in [5.74, 6) is 1.85. The lowest BCUT2D eigenvalue weighted by molar-refractivity contribution is 0.261. The molecule has 142 valence electrons. The molecule has 1 aliphatic carbocycles. The van der Waals surface area contributed by atoms with Crippen molar-refractivity contribution in [3.63, 3.8) is 0 Å². The SMILES string of the molecule is CCC(COc1ccc2[nH]c(=O)ccc2c1)c1nnnn1C1CCCCC1. The third kappa shape index (κ3) is 3.86. The van der Waals surface area contributed by atoms with Crippen LogP contribution in [0.5, 0.6) is 5.75 Å². The number of fused-ring (bicyclic) bond motifs is 1. The normalized spacial score (nSPS) is 16.5. The van der Waals surface area contributed by atoms with Crippen molar-refractivity contribution >= 4 is 10.9 Å². The Bertz CT molecular complexity index is 958. The molecule has 1 aromatic carbocycles. The molecule has 1 atom stereocenters. The average molecular weight is 367 g/mol. The van der Waals surface area contributed by atoms with E-state index in [1.165, 1.54) is 25.3 Å². The second-order valence-electron chi connectivity index (χ2n) is 7.26. The maximum atomic E-state index is 11.4. The smallest absolute Gasteiger partial charge is 0.248 e. The minimum Gasteiger partial charge on any atom is -0.493 e. The molecule has 4 rings (SSSR count). The van der Waals surface area contributed by atoms with E-state index in [1.807, 2.05) is 28.9 Å². The quantitative estimate of drug-likeness (QED) is 0.719. The first kappa shape index (κ1) is 17.7. The summed E-state index contributed by atoms with van der Waals surface area (Å²) in [4.78, 5) is 14.2. The number of rotatable bonds is 6. The van der Waals surface area contributed by atoms with Crippen LogP contribution in [0, 0.1) is 0 Å². The van der Waals surface area contributed by atoms with E-state index in [4.69, 9.17) is 4.74 Å². The van der Waals surface area contributed by atoms with Crippen LogP contribution < -0.4 is 10.3 Å². The molecular weight excluding hydrogens is 342 g/mol. The predicted octanol–water partition coefficient (Wildman–Crippen LogP) is 3.59. The first-order valence-corrected chi connectivity index (χ1v) is 9.78. The fourth-order valence-electron chi connectivity index (χ4n) is 3.85. The Morgan fingerprint density at radius 3 is 2.89 bits per heavy atom. The highest BCUT2D eigenvalue weighted by atomic mass is 16.5. The molecule has 1 N–H and O–H groups in total. The van der Waals surface area contributed by atoms with Gasteiger partial charge in [-0.05, 0) is 54.0 Å². The molecular formula is C20H25N5O2. The maximum absolute atomic E-state index is 11.4. The second-order valence-corrected chi connectivity index (χ2v) is 7.26. The van der Waals surface area contributed by atoms with Gasteiger partial charge in [0, 0.05) is 17.0 Å². The van der Waals surface area contributed by atoms with Crippen LogP contribution in [0.1, 0.15) is 63.2 Å². The van der Waals surface area contributed by atoms with Crippen molar-refractivity contribution in [2.24, 2.45) is 0 Å². The van der Waals surface area contributed by atoms with Gasteiger partial charge in [0.2, 0.25) is 5.56 Å². The first-order valence-electron chi connectivity index (χ1n) is 9.78. The Labute approximate surface area is 157 Å². The Morgan fingerprint density at radius 2 is 2.07 bits per heavy atom. The number of nitrogens with zero attached hydrogens (tertiary/aromatic N) is 4. The van der Waals surface area contributed by atoms with Crippen molar-refractivity contribution in [2.45, 2.75) is 57.4 Å². The number of pyridine rings is 1. The van der Waals surface area contributed by atoms with E-state index >= 15 is 0 Å². The summed E-state index contributed by atoms with van der Waals surface area (Å²) in [7, 11) is 0. The van der Waals surface area contributed by atoms with E-state index in [0.29, 0.717) is 12.6 Å². The van der Waals surface area contributed by atoms with E-state index in [9.17, 15) is 4.79 Å². The number of aromatic nitrogens is 5. The summed E-state index contributed by atoms with van der Waals surface area (Å²) in [5, 5.41) is 13.5. The standard InChI is InChI=1S/C20H25N5O2/c1-2-14(20-22-23-24-25(20)16-6-4-3-5-7-16)13-27-17-9-10-18-15(12-17)8-11-19(26)21-18/h8-12,14,16H,2-7,13H2,1H3,(H,21,26). The molecule has 0 bridgehead atoms. The van der Waals surface area contributed by atoms with Crippen LogP contribution in [0.25, 0.3) is 10.9 Å². The van der Waals surface area contributed by atoms with Gasteiger partial charge in [0.1, 0.15) is 5.75 Å². The lowest BCUT2D eigenvalue weighted by Gasteiger charge is -2.24. The second kappa shape index (κ2) is 7.90. The molecule has 7 heteroatoms. The Kier molecular flexibility index (Phi) is 5.18. The van der Waals surface area contributed by atoms with Gasteiger partial charge in [-0.3, -0.25) is 4.79 Å². The predicted molar refractivity (Wildman–Crippen MR) is 103 cm³/mol. The first-order chi connectivity index (χ1) is 13.2. The molecule has 2 aromatic heterocycles. The van der Waals surface area contributed by atoms with Crippen molar-refractivity contribution < 1.29 is 4.74 Å². The molecule has 1 fully saturated rings. The number of nitrogens with one attached hydrogen (secondary N) is 1. The van der Waals surface area contributed by atoms with Gasteiger partial charge in [-0.2, -0.15) is 0 Å². The summed E-state index contributed by atoms with van der Waals surface area (Å²) in [6.07, 6.45) is 7.01. The number of benzene rings is 1. The zero-order valence-corrected chi connectivity index (χ0v) is 15.6. The van der Waals surface area contributed by atoms with Crippen molar-refractivity contribution in [1.82, 2.24) is 25.2 Å². The number of ether oxygens (including phenoxy) is 1. The number of aromatic amines is 1. The summed E-state index contributed by atoms with van der Waals surface area (Å²) < 4.78 is 8.09. The molecule has 0 amide bonds. The fourth-order valence-corrected chi connectivity index (χ4v) is 3.85. The summed E-state index contributed by atoms with van der Waals surface area (Å²) in [6, 6.07) is 9.45. The molecule has 0 aliphatic heterocycles. The summed E-state index contributed by atoms with van der Waals surface area (Å²) in [6.45, 7) is 2.66. The lowest BCUT2D eigenvalue weighted by atomic mass is 9.95. The number of H-pyrrole nitrogens is 1. The van der Waals surface area contributed by atoms with Gasteiger partial charge in [-0.1, -0.05) is 26.2 Å². The summed E-state index contributed by atoms with van der Waals surface area (Å²) >= 11 is 0. The molecule has 7 nitrogen and oxygen atoms in total. The highest BCUT2D eigenvalue weighted by molar-refractivity contribution is 5.79. The Balaban J connectivity index is 1.49. The van der Waals surface area contributed by atoms with E-state index in [1.54, 1.807) is 0 Å². The van der Waals surface area contributed by atoms with E-state index in [0.717, 1.165) is 41.7 Å². The van der Waals surface area contributed by atoms with Gasteiger partial charge in [0.15, 0.2) is 5.82 Å². The van der Waals surface area contributed by atoms with Gasteiger partial charge in [0.25, 0.3) is 0 Å². The molecule has 2 heterocycles. The van der Waals surface area contributed by atoms with Gasteiger partial charge >= 0.3 is 0 Å². The van der Waals surface area contributed by atoms with Crippen LogP contribution in [0.2, 0.25) is 0 Å². The zero-order valence-electron chi connectivity index (χ0n) is 15.6. The molecule has 1 unspecified atom stereocenters. The topological polar surface area (TPSA) is 85.7 Å². The molecule has 0 spiro atoms. The van der Waals surface area contributed by atoms with E-state index < -0.39 is 0 Å². The Morgan fingerprint density at radius 1 is 1.22 bits per heavy atom. The molecule has 0 radical (unpaired) electrons. The van der Waals surface area contributed by atoms with Gasteiger partial charge in [0.05, 0.1) is 18.6 Å². The minimum absolute atomic E-state index is 0.100. The third-order valence-electron chi connectivity index (χ3n) is 5.44. The molecule has 1 aliphatic rings. The number of tetrazole rings is 1. The van der Waals surface area contributed by atoms with Crippen molar-refractivity contribution in [1.29, 1.82) is 0 Å². The van der Waals surface area contributed by atoms with Crippen LogP contribution in [-0.4, -0.2) is 31.8 Å². The van der Waals surface area contributed by atoms with Crippen molar-refractivity contribution in [3.8, 4) is 5.75 Å². The number of hydrogen-bond acceptors (Lipinski definition) is 5. The van der Waals surface area contributed by atoms with Crippen LogP contribution in [-0.2, 0) is 0 Å². The van der Waals surface area contributed by atoms with Gasteiger partial charge in [-0.25, -0.2) is 4.68 Å². The molecule has 1 saturated carbocycles. The van der Waals surface area contributed by atoms with Crippen molar-refractivity contribution in [2.75, 3.05) is 6.61 Å². The lowest BCUT2D eigenvalue weighted by Crippen LogP contribution is -2.21. The van der Waals surface area contributed by atoms with Crippen LogP contribution in [0.4, 0.5) is 0 Å². The minimum atomic E-state index is -0.100. The highest BCUT2D eigenvalue weighted by Gasteiger charge is 2.24. The number of hydrogen-bond donors (Lipinski definition) is 1. The molecule has 0 saturated heterocycles. The Hall–Kier alpha value is -2.70. The fraction of sp³-hybridized carbons (Fsp3) is 0.500. The van der Waals surface area contributed by atoms with Crippen molar-refractivity contribution in [3.05, 3.63) is 46.5 Å². The largest absolute Gasteiger partial charge is 0.493 e. The average Bonchev–Trinajstić information content (AvgIpc) is 3.19. The maximum Gasteiger partial charge on any atom is 0.248 e. The van der Waals surface area contributed by atoms with Gasteiger partial charge in [-0.15, -0.1) is 5.10 Å². The highest BCUT2D eigenvalue weighted by Crippen LogP contribution is 2.30. The monoisotopic (exact) mass is 367 g/mol. The van der Waals surface area contributed by atoms with Crippen LogP contribution >= 0.6 is 0 Å². The van der Waals surface area contributed by atoms with Crippen LogP contribution in [0.3, 0.4) is 0 Å². The zero-order chi connectivity index (χ0) is 18.6. The van der Waals surface area contributed by atoms with E-state index in [2.05, 4.69) is 27.4 Å². The van der Waals surface area contributed by atoms with Gasteiger partial charge < -0.3 is 9.72 Å². The van der Waals surface area contributed by atoms with E-state index in [-0.39, 0.29) is 11.5 Å².